The molecule has 2 N–H and O–H groups in total. The smallest absolute Gasteiger partial charge is 0.269 e. The van der Waals surface area contributed by atoms with Crippen LogP contribution in [-0.4, -0.2) is 68.3 Å². The molecule has 8 nitrogen and oxygen atoms in total. The first-order valence-corrected chi connectivity index (χ1v) is 10.5. The Balaban J connectivity index is 1.93. The van der Waals surface area contributed by atoms with E-state index in [-0.39, 0.29) is 47.2 Å². The SMILES string of the molecule is COCCN1C(=O)c2ccc(C(=O)N3CCCCC3C(C)N)cc2S1(=O)=O. The van der Waals surface area contributed by atoms with Crippen LogP contribution in [0.15, 0.2) is 23.1 Å². The number of carbonyl (C=O) groups excluding carboxylic acids is 2. The Morgan fingerprint density at radius 3 is 2.78 bits per heavy atom. The van der Waals surface area contributed by atoms with Crippen molar-refractivity contribution in [2.75, 3.05) is 26.8 Å². The summed E-state index contributed by atoms with van der Waals surface area (Å²) in [5, 5.41) is 0. The predicted molar refractivity (Wildman–Crippen MR) is 98.9 cm³/mol. The molecule has 1 saturated heterocycles. The standard InChI is InChI=1S/C18H25N3O5S/c1-12(19)15-5-3-4-8-20(15)17(22)13-6-7-14-16(11-13)27(24,25)21(18(14)23)9-10-26-2/h6-7,11-12,15H,3-5,8-10,19H2,1-2H3. The maximum Gasteiger partial charge on any atom is 0.269 e. The minimum absolute atomic E-state index is 0.0610. The number of benzene rings is 1. The van der Waals surface area contributed by atoms with Crippen molar-refractivity contribution >= 4 is 21.8 Å². The number of fused-ring (bicyclic) bond motifs is 1. The van der Waals surface area contributed by atoms with E-state index in [0.29, 0.717) is 6.54 Å². The second-order valence-electron chi connectivity index (χ2n) is 7.01. The van der Waals surface area contributed by atoms with Gasteiger partial charge in [0, 0.05) is 31.3 Å². The van der Waals surface area contributed by atoms with Crippen LogP contribution in [0.1, 0.15) is 46.9 Å². The Hall–Kier alpha value is -1.97. The fourth-order valence-corrected chi connectivity index (χ4v) is 5.30. The highest BCUT2D eigenvalue weighted by Crippen LogP contribution is 2.32. The van der Waals surface area contributed by atoms with E-state index in [1.807, 2.05) is 6.92 Å². The maximum absolute atomic E-state index is 13.0. The Kier molecular flexibility index (Phi) is 5.55. The number of hydrogen-bond acceptors (Lipinski definition) is 6. The molecule has 0 spiro atoms. The molecule has 9 heteroatoms. The first-order valence-electron chi connectivity index (χ1n) is 9.05. The van der Waals surface area contributed by atoms with Gasteiger partial charge in [-0.2, -0.15) is 0 Å². The lowest BCUT2D eigenvalue weighted by Crippen LogP contribution is -2.51. The lowest BCUT2D eigenvalue weighted by Gasteiger charge is -2.38. The van der Waals surface area contributed by atoms with Crippen molar-refractivity contribution in [1.29, 1.82) is 0 Å². The third kappa shape index (κ3) is 3.46. The van der Waals surface area contributed by atoms with Gasteiger partial charge in [-0.15, -0.1) is 0 Å². The second kappa shape index (κ2) is 7.57. The molecule has 2 atom stereocenters. The van der Waals surface area contributed by atoms with Crippen LogP contribution in [0.25, 0.3) is 0 Å². The lowest BCUT2D eigenvalue weighted by molar-refractivity contribution is 0.0583. The fraction of sp³-hybridized carbons (Fsp3) is 0.556. The molecule has 2 aliphatic heterocycles. The summed E-state index contributed by atoms with van der Waals surface area (Å²) >= 11 is 0. The molecule has 1 aromatic rings. The number of nitrogens with zero attached hydrogens (tertiary/aromatic N) is 2. The molecular formula is C18H25N3O5S. The summed E-state index contributed by atoms with van der Waals surface area (Å²) in [4.78, 5) is 27.0. The molecule has 3 rings (SSSR count). The van der Waals surface area contributed by atoms with Crippen LogP contribution in [0, 0.1) is 0 Å². The minimum Gasteiger partial charge on any atom is -0.383 e. The molecule has 27 heavy (non-hydrogen) atoms. The summed E-state index contributed by atoms with van der Waals surface area (Å²) in [6.45, 7) is 2.51. The van der Waals surface area contributed by atoms with Crippen LogP contribution < -0.4 is 5.73 Å². The van der Waals surface area contributed by atoms with E-state index in [2.05, 4.69) is 0 Å². The van der Waals surface area contributed by atoms with Gasteiger partial charge in [-0.1, -0.05) is 0 Å². The zero-order valence-electron chi connectivity index (χ0n) is 15.6. The quantitative estimate of drug-likeness (QED) is 0.790. The zero-order valence-corrected chi connectivity index (χ0v) is 16.4. The van der Waals surface area contributed by atoms with Gasteiger partial charge in [0.2, 0.25) is 0 Å². The van der Waals surface area contributed by atoms with Crippen LogP contribution in [0.3, 0.4) is 0 Å². The van der Waals surface area contributed by atoms with E-state index in [4.69, 9.17) is 10.5 Å². The number of carbonyl (C=O) groups is 2. The maximum atomic E-state index is 13.0. The second-order valence-corrected chi connectivity index (χ2v) is 8.84. The summed E-state index contributed by atoms with van der Waals surface area (Å²) in [5.41, 5.74) is 6.38. The molecule has 148 valence electrons. The van der Waals surface area contributed by atoms with E-state index in [9.17, 15) is 18.0 Å². The summed E-state index contributed by atoms with van der Waals surface area (Å²) in [6.07, 6.45) is 2.73. The average Bonchev–Trinajstić information content (AvgIpc) is 2.85. The summed E-state index contributed by atoms with van der Waals surface area (Å²) < 4.78 is 31.1. The lowest BCUT2D eigenvalue weighted by atomic mass is 9.96. The normalized spacial score (nSPS) is 22.6. The summed E-state index contributed by atoms with van der Waals surface area (Å²) in [7, 11) is -2.54. The van der Waals surface area contributed by atoms with Gasteiger partial charge in [0.1, 0.15) is 4.90 Å². The number of nitrogens with two attached hydrogens (primary N) is 1. The number of amides is 2. The molecule has 0 aliphatic carbocycles. The molecule has 0 saturated carbocycles. The van der Waals surface area contributed by atoms with Gasteiger partial charge >= 0.3 is 0 Å². The minimum atomic E-state index is -3.98. The van der Waals surface area contributed by atoms with Crippen LogP contribution >= 0.6 is 0 Å². The van der Waals surface area contributed by atoms with Crippen molar-refractivity contribution in [3.05, 3.63) is 29.3 Å². The number of methoxy groups -OCH3 is 1. The van der Waals surface area contributed by atoms with E-state index in [1.165, 1.54) is 25.3 Å². The molecule has 2 heterocycles. The van der Waals surface area contributed by atoms with Gasteiger partial charge in [0.15, 0.2) is 0 Å². The monoisotopic (exact) mass is 395 g/mol. The number of ether oxygens (including phenoxy) is 1. The van der Waals surface area contributed by atoms with Gasteiger partial charge in [-0.3, -0.25) is 9.59 Å². The van der Waals surface area contributed by atoms with Gasteiger partial charge in [0.25, 0.3) is 21.8 Å². The molecule has 0 aromatic heterocycles. The van der Waals surface area contributed by atoms with Crippen LogP contribution in [0.5, 0.6) is 0 Å². The summed E-state index contributed by atoms with van der Waals surface area (Å²) in [5.74, 6) is -0.842. The Morgan fingerprint density at radius 2 is 2.11 bits per heavy atom. The van der Waals surface area contributed by atoms with Crippen molar-refractivity contribution in [2.24, 2.45) is 5.73 Å². The van der Waals surface area contributed by atoms with E-state index >= 15 is 0 Å². The molecule has 1 aromatic carbocycles. The van der Waals surface area contributed by atoms with Gasteiger partial charge in [-0.25, -0.2) is 12.7 Å². The molecule has 1 fully saturated rings. The number of piperidine rings is 1. The fourth-order valence-electron chi connectivity index (χ4n) is 3.73. The number of sulfonamides is 1. The van der Waals surface area contributed by atoms with Crippen LogP contribution in [0.2, 0.25) is 0 Å². The molecule has 2 amide bonds. The number of hydrogen-bond donors (Lipinski definition) is 1. The highest BCUT2D eigenvalue weighted by atomic mass is 32.2. The molecule has 0 radical (unpaired) electrons. The van der Waals surface area contributed by atoms with Crippen LogP contribution in [-0.2, 0) is 14.8 Å². The topological polar surface area (TPSA) is 110 Å². The van der Waals surface area contributed by atoms with Gasteiger partial charge in [-0.05, 0) is 44.4 Å². The molecule has 2 unspecified atom stereocenters. The first-order chi connectivity index (χ1) is 12.8. The highest BCUT2D eigenvalue weighted by molar-refractivity contribution is 7.90. The Morgan fingerprint density at radius 1 is 1.37 bits per heavy atom. The molecule has 2 aliphatic rings. The van der Waals surface area contributed by atoms with Crippen molar-refractivity contribution in [3.63, 3.8) is 0 Å². The summed E-state index contributed by atoms with van der Waals surface area (Å²) in [6, 6.07) is 4.00. The third-order valence-corrected chi connectivity index (χ3v) is 6.99. The average molecular weight is 395 g/mol. The van der Waals surface area contributed by atoms with Gasteiger partial charge < -0.3 is 15.4 Å². The predicted octanol–water partition coefficient (Wildman–Crippen LogP) is 0.819. The molecule has 0 bridgehead atoms. The largest absolute Gasteiger partial charge is 0.383 e. The number of rotatable bonds is 5. The Labute approximate surface area is 159 Å². The Bertz CT molecular complexity index is 853. The molecular weight excluding hydrogens is 370 g/mol. The van der Waals surface area contributed by atoms with Crippen molar-refractivity contribution in [2.45, 2.75) is 43.2 Å². The van der Waals surface area contributed by atoms with E-state index in [1.54, 1.807) is 4.90 Å². The van der Waals surface area contributed by atoms with E-state index < -0.39 is 15.9 Å². The first kappa shape index (κ1) is 19.8. The zero-order chi connectivity index (χ0) is 19.8. The number of likely N-dealkylation sites (tertiary alicyclic amines) is 1. The third-order valence-electron chi connectivity index (χ3n) is 5.17. The van der Waals surface area contributed by atoms with Crippen molar-refractivity contribution in [3.8, 4) is 0 Å². The van der Waals surface area contributed by atoms with Gasteiger partial charge in [0.05, 0.1) is 18.7 Å². The van der Waals surface area contributed by atoms with Crippen molar-refractivity contribution < 1.29 is 22.7 Å². The van der Waals surface area contributed by atoms with E-state index in [0.717, 1.165) is 23.6 Å². The van der Waals surface area contributed by atoms with Crippen LogP contribution in [0.4, 0.5) is 0 Å². The highest BCUT2D eigenvalue weighted by Gasteiger charge is 2.41. The van der Waals surface area contributed by atoms with Crippen molar-refractivity contribution in [1.82, 2.24) is 9.21 Å².